The third-order valence-corrected chi connectivity index (χ3v) is 7.58. The summed E-state index contributed by atoms with van der Waals surface area (Å²) in [6.45, 7) is 3.43. The lowest BCUT2D eigenvalue weighted by Crippen LogP contribution is -2.36. The average molecular weight is 648 g/mol. The molecule has 0 aromatic heterocycles. The quantitative estimate of drug-likeness (QED) is 0.274. The molecule has 1 aliphatic rings. The van der Waals surface area contributed by atoms with Gasteiger partial charge in [0.1, 0.15) is 24.7 Å². The highest BCUT2D eigenvalue weighted by atomic mass is 79.9. The molecule has 3 aromatic carbocycles. The lowest BCUT2D eigenvalue weighted by Gasteiger charge is -2.14. The third kappa shape index (κ3) is 6.49. The van der Waals surface area contributed by atoms with Crippen LogP contribution in [0.4, 0.5) is 14.9 Å². The van der Waals surface area contributed by atoms with Crippen LogP contribution >= 0.6 is 43.6 Å². The van der Waals surface area contributed by atoms with Crippen LogP contribution in [-0.2, 0) is 16.2 Å². The Bertz CT molecular complexity index is 1420. The van der Waals surface area contributed by atoms with Gasteiger partial charge in [-0.15, -0.1) is 0 Å². The Morgan fingerprint density at radius 2 is 1.78 bits per heavy atom. The zero-order chi connectivity index (χ0) is 26.7. The second-order valence-electron chi connectivity index (χ2n) is 8.33. The number of hydrogen-bond donors (Lipinski definition) is 1. The minimum absolute atomic E-state index is 0.0340. The number of imide groups is 1. The highest BCUT2D eigenvalue weighted by Gasteiger charge is 2.36. The lowest BCUT2D eigenvalue weighted by molar-refractivity contribution is -0.127. The number of halogens is 3. The van der Waals surface area contributed by atoms with Crippen LogP contribution in [0.1, 0.15) is 22.3 Å². The summed E-state index contributed by atoms with van der Waals surface area (Å²) in [4.78, 5) is 39.1. The smallest absolute Gasteiger partial charge is 0.294 e. The van der Waals surface area contributed by atoms with Gasteiger partial charge in [-0.3, -0.25) is 19.3 Å². The van der Waals surface area contributed by atoms with Crippen molar-refractivity contribution in [3.8, 4) is 5.75 Å². The first-order valence-corrected chi connectivity index (χ1v) is 13.5. The van der Waals surface area contributed by atoms with Gasteiger partial charge >= 0.3 is 0 Å². The summed E-state index contributed by atoms with van der Waals surface area (Å²) >= 11 is 7.68. The number of carbonyl (C=O) groups is 3. The molecule has 0 bridgehead atoms. The largest absolute Gasteiger partial charge is 0.486 e. The fourth-order valence-corrected chi connectivity index (χ4v) is 5.85. The molecule has 0 aliphatic carbocycles. The molecule has 10 heteroatoms. The summed E-state index contributed by atoms with van der Waals surface area (Å²) in [5.41, 5.74) is 3.55. The summed E-state index contributed by atoms with van der Waals surface area (Å²) in [5.74, 6) is -0.890. The molecule has 6 nitrogen and oxygen atoms in total. The van der Waals surface area contributed by atoms with Crippen LogP contribution in [0.25, 0.3) is 6.08 Å². The number of ether oxygens (including phenoxy) is 1. The Morgan fingerprint density at radius 3 is 2.49 bits per heavy atom. The fourth-order valence-electron chi connectivity index (χ4n) is 3.56. The Balaban J connectivity index is 1.45. The molecular formula is C27H21Br2FN2O4S. The van der Waals surface area contributed by atoms with Crippen LogP contribution in [-0.4, -0.2) is 28.5 Å². The van der Waals surface area contributed by atoms with Gasteiger partial charge in [0.15, 0.2) is 0 Å². The molecule has 1 N–H and O–H groups in total. The van der Waals surface area contributed by atoms with Gasteiger partial charge in [0.2, 0.25) is 5.91 Å². The van der Waals surface area contributed by atoms with Crippen molar-refractivity contribution in [1.29, 1.82) is 0 Å². The molecule has 0 radical (unpaired) electrons. The molecule has 190 valence electrons. The zero-order valence-electron chi connectivity index (χ0n) is 19.8. The van der Waals surface area contributed by atoms with Gasteiger partial charge in [0, 0.05) is 11.3 Å². The molecule has 1 heterocycles. The van der Waals surface area contributed by atoms with Crippen molar-refractivity contribution in [3.05, 3.63) is 96.5 Å². The van der Waals surface area contributed by atoms with E-state index in [2.05, 4.69) is 37.2 Å². The molecule has 1 aliphatic heterocycles. The molecule has 3 amide bonds. The van der Waals surface area contributed by atoms with E-state index in [1.807, 2.05) is 32.0 Å². The van der Waals surface area contributed by atoms with Crippen LogP contribution in [0.5, 0.6) is 5.75 Å². The van der Waals surface area contributed by atoms with E-state index in [0.29, 0.717) is 31.5 Å². The molecule has 0 atom stereocenters. The highest BCUT2D eigenvalue weighted by Crippen LogP contribution is 2.38. The van der Waals surface area contributed by atoms with Gasteiger partial charge in [-0.1, -0.05) is 30.3 Å². The van der Waals surface area contributed by atoms with Crippen molar-refractivity contribution in [3.63, 3.8) is 0 Å². The minimum Gasteiger partial charge on any atom is -0.486 e. The first-order valence-electron chi connectivity index (χ1n) is 11.1. The number of hydrogen-bond acceptors (Lipinski definition) is 5. The van der Waals surface area contributed by atoms with E-state index >= 15 is 0 Å². The van der Waals surface area contributed by atoms with Crippen molar-refractivity contribution < 1.29 is 23.5 Å². The molecule has 1 fully saturated rings. The topological polar surface area (TPSA) is 75.7 Å². The standard InChI is InChI=1S/C27H21Br2FN2O4S/c1-15-7-8-16(2)22(9-15)31-24(33)13-32-26(34)23(37-27(32)35)12-17-10-19(28)25(20(29)11-17)36-14-18-5-3-4-6-21(18)30/h3-12H,13-14H2,1-2H3,(H,31,33)/b23-12+. The SMILES string of the molecule is Cc1ccc(C)c(NC(=O)CN2C(=O)S/C(=C/c3cc(Br)c(OCc4ccccc4F)c(Br)c3)C2=O)c1. The number of carbonyl (C=O) groups excluding carboxylic acids is 3. The Labute approximate surface area is 234 Å². The number of nitrogens with one attached hydrogen (secondary N) is 1. The maximum absolute atomic E-state index is 13.9. The van der Waals surface area contributed by atoms with Gasteiger partial charge < -0.3 is 10.1 Å². The van der Waals surface area contributed by atoms with Crippen molar-refractivity contribution in [2.45, 2.75) is 20.5 Å². The van der Waals surface area contributed by atoms with Crippen LogP contribution < -0.4 is 10.1 Å². The van der Waals surface area contributed by atoms with Crippen molar-refractivity contribution in [2.75, 3.05) is 11.9 Å². The number of amides is 3. The predicted octanol–water partition coefficient (Wildman–Crippen LogP) is 7.22. The number of nitrogens with zero attached hydrogens (tertiary/aromatic N) is 1. The first-order chi connectivity index (χ1) is 17.6. The van der Waals surface area contributed by atoms with E-state index in [1.165, 1.54) is 6.07 Å². The summed E-state index contributed by atoms with van der Waals surface area (Å²) in [5, 5.41) is 2.25. The second kappa shape index (κ2) is 11.6. The first kappa shape index (κ1) is 27.1. The van der Waals surface area contributed by atoms with Crippen LogP contribution in [0.3, 0.4) is 0 Å². The summed E-state index contributed by atoms with van der Waals surface area (Å²) in [6.07, 6.45) is 1.57. The maximum Gasteiger partial charge on any atom is 0.294 e. The van der Waals surface area contributed by atoms with E-state index in [-0.39, 0.29) is 23.9 Å². The van der Waals surface area contributed by atoms with E-state index in [1.54, 1.807) is 36.4 Å². The minimum atomic E-state index is -0.543. The number of rotatable bonds is 7. The van der Waals surface area contributed by atoms with Gasteiger partial charge in [-0.05, 0) is 105 Å². The highest BCUT2D eigenvalue weighted by molar-refractivity contribution is 9.11. The summed E-state index contributed by atoms with van der Waals surface area (Å²) in [6, 6.07) is 15.5. The van der Waals surface area contributed by atoms with E-state index in [9.17, 15) is 18.8 Å². The zero-order valence-corrected chi connectivity index (χ0v) is 23.8. The van der Waals surface area contributed by atoms with E-state index in [0.717, 1.165) is 27.8 Å². The average Bonchev–Trinajstić information content (AvgIpc) is 3.09. The molecular weight excluding hydrogens is 627 g/mol. The lowest BCUT2D eigenvalue weighted by atomic mass is 10.1. The fraction of sp³-hybridized carbons (Fsp3) is 0.148. The molecule has 4 rings (SSSR count). The van der Waals surface area contributed by atoms with Crippen molar-refractivity contribution in [1.82, 2.24) is 4.90 Å². The van der Waals surface area contributed by atoms with Gasteiger partial charge in [-0.25, -0.2) is 4.39 Å². The van der Waals surface area contributed by atoms with E-state index < -0.39 is 17.1 Å². The number of benzene rings is 3. The van der Waals surface area contributed by atoms with Crippen LogP contribution in [0.2, 0.25) is 0 Å². The maximum atomic E-state index is 13.9. The Kier molecular flexibility index (Phi) is 8.51. The number of aryl methyl sites for hydroxylation is 2. The van der Waals surface area contributed by atoms with Gasteiger partial charge in [-0.2, -0.15) is 0 Å². The molecule has 0 saturated carbocycles. The van der Waals surface area contributed by atoms with Gasteiger partial charge in [0.05, 0.1) is 13.9 Å². The van der Waals surface area contributed by atoms with E-state index in [4.69, 9.17) is 4.74 Å². The van der Waals surface area contributed by atoms with Crippen LogP contribution in [0, 0.1) is 19.7 Å². The molecule has 37 heavy (non-hydrogen) atoms. The Hall–Kier alpha value is -2.95. The predicted molar refractivity (Wildman–Crippen MR) is 150 cm³/mol. The molecule has 1 saturated heterocycles. The second-order valence-corrected chi connectivity index (χ2v) is 11.0. The molecule has 0 spiro atoms. The molecule has 0 unspecified atom stereocenters. The van der Waals surface area contributed by atoms with Crippen molar-refractivity contribution in [2.24, 2.45) is 0 Å². The van der Waals surface area contributed by atoms with Gasteiger partial charge in [0.25, 0.3) is 11.1 Å². The third-order valence-electron chi connectivity index (χ3n) is 5.49. The summed E-state index contributed by atoms with van der Waals surface area (Å²) in [7, 11) is 0. The molecule has 3 aromatic rings. The van der Waals surface area contributed by atoms with Crippen LogP contribution in [0.15, 0.2) is 68.4 Å². The number of anilines is 1. The van der Waals surface area contributed by atoms with Crippen molar-refractivity contribution >= 4 is 72.4 Å². The Morgan fingerprint density at radius 1 is 1.08 bits per heavy atom. The normalized spacial score (nSPS) is 14.4. The monoisotopic (exact) mass is 646 g/mol. The number of thioether (sulfide) groups is 1. The summed E-state index contributed by atoms with van der Waals surface area (Å²) < 4.78 is 20.9.